The topological polar surface area (TPSA) is 69.7 Å². The average Bonchev–Trinajstić information content (AvgIpc) is 3.10. The van der Waals surface area contributed by atoms with Crippen LogP contribution in [-0.4, -0.2) is 40.1 Å². The summed E-state index contributed by atoms with van der Waals surface area (Å²) in [5, 5.41) is 2.99. The summed E-state index contributed by atoms with van der Waals surface area (Å²) in [6.07, 6.45) is 4.28. The smallest absolute Gasteiger partial charge is 0.230 e. The van der Waals surface area contributed by atoms with Gasteiger partial charge < -0.3 is 15.2 Å². The fraction of sp³-hybridized carbons (Fsp3) is 0.417. The van der Waals surface area contributed by atoms with Crippen LogP contribution in [0.4, 0.5) is 11.9 Å². The number of aromatic nitrogens is 4. The van der Waals surface area contributed by atoms with Crippen molar-refractivity contribution in [2.75, 3.05) is 30.4 Å². The van der Waals surface area contributed by atoms with E-state index in [-0.39, 0.29) is 0 Å². The number of H-pyrrole nitrogens is 1. The van der Waals surface area contributed by atoms with Gasteiger partial charge in [0.1, 0.15) is 0 Å². The Labute approximate surface area is 105 Å². The van der Waals surface area contributed by atoms with Gasteiger partial charge in [0.15, 0.2) is 5.82 Å². The number of hydrogen-bond acceptors (Lipinski definition) is 5. The maximum Gasteiger partial charge on any atom is 0.230 e. The molecule has 3 rings (SSSR count). The highest BCUT2D eigenvalue weighted by Crippen LogP contribution is 2.20. The molecule has 2 aromatic rings. The molecule has 1 aliphatic rings. The summed E-state index contributed by atoms with van der Waals surface area (Å²) in [5.74, 6) is 2.05. The van der Waals surface area contributed by atoms with E-state index in [2.05, 4.69) is 30.2 Å². The number of rotatable bonds is 3. The van der Waals surface area contributed by atoms with Crippen molar-refractivity contribution in [2.24, 2.45) is 0 Å². The molecule has 1 aliphatic heterocycles. The predicted molar refractivity (Wildman–Crippen MR) is 70.6 cm³/mol. The first-order valence-electron chi connectivity index (χ1n) is 6.19. The van der Waals surface area contributed by atoms with Crippen LogP contribution < -0.4 is 10.2 Å². The van der Waals surface area contributed by atoms with Crippen molar-refractivity contribution in [1.29, 1.82) is 0 Å². The van der Waals surface area contributed by atoms with E-state index in [0.29, 0.717) is 11.8 Å². The fourth-order valence-electron chi connectivity index (χ4n) is 2.12. The van der Waals surface area contributed by atoms with Gasteiger partial charge in [-0.1, -0.05) is 0 Å². The van der Waals surface area contributed by atoms with Gasteiger partial charge in [-0.2, -0.15) is 15.0 Å². The summed E-state index contributed by atoms with van der Waals surface area (Å²) in [7, 11) is 1.82. The van der Waals surface area contributed by atoms with Gasteiger partial charge in [0, 0.05) is 26.3 Å². The summed E-state index contributed by atoms with van der Waals surface area (Å²) in [6.45, 7) is 2.05. The summed E-state index contributed by atoms with van der Waals surface area (Å²) in [6, 6.07) is 3.90. The first kappa shape index (κ1) is 11.0. The number of anilines is 2. The lowest BCUT2D eigenvalue weighted by Crippen LogP contribution is -2.21. The lowest BCUT2D eigenvalue weighted by molar-refractivity contribution is 0.883. The maximum absolute atomic E-state index is 4.54. The predicted octanol–water partition coefficient (Wildman–Crippen LogP) is 1.51. The minimum Gasteiger partial charge on any atom is -0.359 e. The van der Waals surface area contributed by atoms with Gasteiger partial charge in [-0.15, -0.1) is 0 Å². The van der Waals surface area contributed by atoms with Gasteiger partial charge in [0.25, 0.3) is 0 Å². The standard InChI is InChI=1S/C12H16N6/c1-13-11-15-10(9-5-4-6-14-9)16-12(17-11)18-7-2-3-8-18/h4-6,14H,2-3,7-8H2,1H3,(H,13,15,16,17). The molecule has 2 aromatic heterocycles. The summed E-state index contributed by atoms with van der Waals surface area (Å²) in [5.41, 5.74) is 0.911. The highest BCUT2D eigenvalue weighted by atomic mass is 15.3. The number of nitrogens with zero attached hydrogens (tertiary/aromatic N) is 4. The lowest BCUT2D eigenvalue weighted by Gasteiger charge is -2.16. The third-order valence-electron chi connectivity index (χ3n) is 3.07. The van der Waals surface area contributed by atoms with Crippen LogP contribution in [0.2, 0.25) is 0 Å². The number of hydrogen-bond donors (Lipinski definition) is 2. The van der Waals surface area contributed by atoms with E-state index in [9.17, 15) is 0 Å². The van der Waals surface area contributed by atoms with E-state index < -0.39 is 0 Å². The molecule has 0 saturated carbocycles. The zero-order chi connectivity index (χ0) is 12.4. The molecule has 3 heterocycles. The van der Waals surface area contributed by atoms with Gasteiger partial charge in [0.2, 0.25) is 11.9 Å². The first-order valence-corrected chi connectivity index (χ1v) is 6.19. The Morgan fingerprint density at radius 1 is 1.22 bits per heavy atom. The number of nitrogens with one attached hydrogen (secondary N) is 2. The van der Waals surface area contributed by atoms with Crippen LogP contribution >= 0.6 is 0 Å². The quantitative estimate of drug-likeness (QED) is 0.856. The Bertz CT molecular complexity index is 515. The van der Waals surface area contributed by atoms with Crippen molar-refractivity contribution < 1.29 is 0 Å². The monoisotopic (exact) mass is 244 g/mol. The van der Waals surface area contributed by atoms with Crippen LogP contribution in [0.3, 0.4) is 0 Å². The van der Waals surface area contributed by atoms with Gasteiger partial charge in [-0.25, -0.2) is 0 Å². The van der Waals surface area contributed by atoms with E-state index >= 15 is 0 Å². The molecular formula is C12H16N6. The Hall–Kier alpha value is -2.11. The Balaban J connectivity index is 2.01. The second kappa shape index (κ2) is 4.64. The van der Waals surface area contributed by atoms with Crippen molar-refractivity contribution >= 4 is 11.9 Å². The summed E-state index contributed by atoms with van der Waals surface area (Å²) in [4.78, 5) is 18.7. The molecular weight excluding hydrogens is 228 g/mol. The first-order chi connectivity index (χ1) is 8.86. The van der Waals surface area contributed by atoms with Gasteiger partial charge in [-0.05, 0) is 25.0 Å². The molecule has 18 heavy (non-hydrogen) atoms. The molecule has 0 radical (unpaired) electrons. The minimum absolute atomic E-state index is 0.608. The van der Waals surface area contributed by atoms with E-state index in [1.165, 1.54) is 12.8 Å². The molecule has 6 nitrogen and oxygen atoms in total. The Morgan fingerprint density at radius 3 is 2.72 bits per heavy atom. The molecule has 0 unspecified atom stereocenters. The largest absolute Gasteiger partial charge is 0.359 e. The van der Waals surface area contributed by atoms with Crippen molar-refractivity contribution in [3.8, 4) is 11.5 Å². The molecule has 2 N–H and O–H groups in total. The zero-order valence-electron chi connectivity index (χ0n) is 10.3. The van der Waals surface area contributed by atoms with Gasteiger partial charge >= 0.3 is 0 Å². The number of aromatic amines is 1. The zero-order valence-corrected chi connectivity index (χ0v) is 10.3. The van der Waals surface area contributed by atoms with Crippen molar-refractivity contribution in [3.63, 3.8) is 0 Å². The molecule has 0 spiro atoms. The molecule has 94 valence electrons. The third-order valence-corrected chi connectivity index (χ3v) is 3.07. The van der Waals surface area contributed by atoms with E-state index in [1.807, 2.05) is 25.4 Å². The average molecular weight is 244 g/mol. The minimum atomic E-state index is 0.608. The van der Waals surface area contributed by atoms with E-state index in [1.54, 1.807) is 0 Å². The molecule has 0 aliphatic carbocycles. The molecule has 1 fully saturated rings. The van der Waals surface area contributed by atoms with Crippen molar-refractivity contribution in [3.05, 3.63) is 18.3 Å². The van der Waals surface area contributed by atoms with Crippen LogP contribution in [0.25, 0.3) is 11.5 Å². The molecule has 0 bridgehead atoms. The molecule has 0 amide bonds. The van der Waals surface area contributed by atoms with Gasteiger partial charge in [0.05, 0.1) is 5.69 Å². The Kier molecular flexibility index (Phi) is 2.84. The fourth-order valence-corrected chi connectivity index (χ4v) is 2.12. The third kappa shape index (κ3) is 2.01. The highest BCUT2D eigenvalue weighted by Gasteiger charge is 2.17. The van der Waals surface area contributed by atoms with Crippen molar-refractivity contribution in [2.45, 2.75) is 12.8 Å². The molecule has 0 atom stereocenters. The second-order valence-corrected chi connectivity index (χ2v) is 4.31. The normalized spacial score (nSPS) is 15.1. The van der Waals surface area contributed by atoms with E-state index in [0.717, 1.165) is 24.7 Å². The Morgan fingerprint density at radius 2 is 2.06 bits per heavy atom. The SMILES string of the molecule is CNc1nc(-c2ccc[nH]2)nc(N2CCCC2)n1. The van der Waals surface area contributed by atoms with E-state index in [4.69, 9.17) is 0 Å². The van der Waals surface area contributed by atoms with Crippen LogP contribution in [-0.2, 0) is 0 Å². The molecule has 0 aromatic carbocycles. The summed E-state index contributed by atoms with van der Waals surface area (Å²) < 4.78 is 0. The van der Waals surface area contributed by atoms with Crippen LogP contribution in [0.1, 0.15) is 12.8 Å². The second-order valence-electron chi connectivity index (χ2n) is 4.31. The lowest BCUT2D eigenvalue weighted by atomic mass is 10.4. The van der Waals surface area contributed by atoms with Crippen LogP contribution in [0, 0.1) is 0 Å². The maximum atomic E-state index is 4.54. The summed E-state index contributed by atoms with van der Waals surface area (Å²) >= 11 is 0. The molecule has 6 heteroatoms. The van der Waals surface area contributed by atoms with Gasteiger partial charge in [-0.3, -0.25) is 0 Å². The van der Waals surface area contributed by atoms with Crippen molar-refractivity contribution in [1.82, 2.24) is 19.9 Å². The highest BCUT2D eigenvalue weighted by molar-refractivity contribution is 5.54. The van der Waals surface area contributed by atoms with Crippen LogP contribution in [0.15, 0.2) is 18.3 Å². The van der Waals surface area contributed by atoms with Crippen LogP contribution in [0.5, 0.6) is 0 Å². The molecule has 1 saturated heterocycles.